The number of carbonyl (C=O) groups is 1. The van der Waals surface area contributed by atoms with Crippen LogP contribution in [0.15, 0.2) is 12.1 Å². The molecule has 0 radical (unpaired) electrons. The number of hydrogen-bond donors (Lipinski definition) is 0. The second-order valence-corrected chi connectivity index (χ2v) is 3.22. The molecule has 0 unspecified atom stereocenters. The molecule has 0 aliphatic carbocycles. The van der Waals surface area contributed by atoms with Gasteiger partial charge in [0.15, 0.2) is 6.29 Å². The number of hydrogen-bond acceptors (Lipinski definition) is 3. The van der Waals surface area contributed by atoms with E-state index < -0.39 is 12.2 Å². The SMILES string of the molecule is O=Cc1ccc(OC(F)(F)F)nc1I. The Morgan fingerprint density at radius 1 is 1.43 bits per heavy atom. The van der Waals surface area contributed by atoms with E-state index in [1.807, 2.05) is 0 Å². The molecule has 0 aromatic carbocycles. The summed E-state index contributed by atoms with van der Waals surface area (Å²) in [7, 11) is 0. The summed E-state index contributed by atoms with van der Waals surface area (Å²) in [5.74, 6) is -0.576. The maximum absolute atomic E-state index is 11.7. The van der Waals surface area contributed by atoms with Crippen molar-refractivity contribution in [1.29, 1.82) is 0 Å². The first-order valence-corrected chi connectivity index (χ1v) is 4.38. The third-order valence-electron chi connectivity index (χ3n) is 1.20. The molecule has 0 bridgehead atoms. The maximum Gasteiger partial charge on any atom is 0.574 e. The maximum atomic E-state index is 11.7. The highest BCUT2D eigenvalue weighted by atomic mass is 127. The Morgan fingerprint density at radius 3 is 2.50 bits per heavy atom. The van der Waals surface area contributed by atoms with Crippen LogP contribution in [0.3, 0.4) is 0 Å². The highest BCUT2D eigenvalue weighted by Gasteiger charge is 2.31. The normalized spacial score (nSPS) is 11.1. The topological polar surface area (TPSA) is 39.2 Å². The van der Waals surface area contributed by atoms with Gasteiger partial charge in [-0.1, -0.05) is 0 Å². The number of carbonyl (C=O) groups excluding carboxylic acids is 1. The van der Waals surface area contributed by atoms with Crippen LogP contribution in [0.25, 0.3) is 0 Å². The Balaban J connectivity index is 2.92. The van der Waals surface area contributed by atoms with Gasteiger partial charge in [-0.15, -0.1) is 13.2 Å². The quantitative estimate of drug-likeness (QED) is 0.478. The van der Waals surface area contributed by atoms with Gasteiger partial charge in [-0.3, -0.25) is 4.79 Å². The van der Waals surface area contributed by atoms with Crippen molar-refractivity contribution in [2.75, 3.05) is 0 Å². The molecule has 1 heterocycles. The van der Waals surface area contributed by atoms with Crippen LogP contribution in [-0.2, 0) is 0 Å². The van der Waals surface area contributed by atoms with Crippen molar-refractivity contribution in [3.05, 3.63) is 21.4 Å². The van der Waals surface area contributed by atoms with E-state index in [1.54, 1.807) is 22.6 Å². The lowest BCUT2D eigenvalue weighted by Crippen LogP contribution is -2.18. The molecule has 0 amide bonds. The Morgan fingerprint density at radius 2 is 2.07 bits per heavy atom. The predicted octanol–water partition coefficient (Wildman–Crippen LogP) is 2.40. The minimum Gasteiger partial charge on any atom is -0.388 e. The third kappa shape index (κ3) is 3.13. The Hall–Kier alpha value is -0.860. The predicted molar refractivity (Wildman–Crippen MR) is 49.0 cm³/mol. The van der Waals surface area contributed by atoms with Crippen LogP contribution < -0.4 is 4.74 Å². The van der Waals surface area contributed by atoms with Crippen LogP contribution in [0.4, 0.5) is 13.2 Å². The fourth-order valence-electron chi connectivity index (χ4n) is 0.692. The summed E-state index contributed by atoms with van der Waals surface area (Å²) in [5, 5.41) is 0. The molecule has 0 fully saturated rings. The van der Waals surface area contributed by atoms with Gasteiger partial charge in [0.2, 0.25) is 5.88 Å². The first-order valence-electron chi connectivity index (χ1n) is 3.30. The zero-order valence-corrected chi connectivity index (χ0v) is 8.67. The van der Waals surface area contributed by atoms with Gasteiger partial charge in [0.1, 0.15) is 3.70 Å². The van der Waals surface area contributed by atoms with E-state index in [4.69, 9.17) is 0 Å². The van der Waals surface area contributed by atoms with Gasteiger partial charge in [0.25, 0.3) is 0 Å². The number of aromatic nitrogens is 1. The molecule has 3 nitrogen and oxygen atoms in total. The summed E-state index contributed by atoms with van der Waals surface area (Å²) in [4.78, 5) is 13.8. The summed E-state index contributed by atoms with van der Waals surface area (Å²) in [6.45, 7) is 0. The summed E-state index contributed by atoms with van der Waals surface area (Å²) >= 11 is 1.65. The average Bonchev–Trinajstić information content (AvgIpc) is 2.01. The Kier molecular flexibility index (Phi) is 3.29. The first-order chi connectivity index (χ1) is 6.42. The van der Waals surface area contributed by atoms with Crippen molar-refractivity contribution in [2.45, 2.75) is 6.36 Å². The van der Waals surface area contributed by atoms with Crippen molar-refractivity contribution < 1.29 is 22.7 Å². The lowest BCUT2D eigenvalue weighted by molar-refractivity contribution is -0.276. The minimum atomic E-state index is -4.77. The van der Waals surface area contributed by atoms with Gasteiger partial charge >= 0.3 is 6.36 Å². The number of pyridine rings is 1. The van der Waals surface area contributed by atoms with Crippen LogP contribution in [0.2, 0.25) is 0 Å². The number of alkyl halides is 3. The monoisotopic (exact) mass is 317 g/mol. The lowest BCUT2D eigenvalue weighted by Gasteiger charge is -2.07. The molecular weight excluding hydrogens is 314 g/mol. The van der Waals surface area contributed by atoms with E-state index in [2.05, 4.69) is 9.72 Å². The number of halogens is 4. The Labute approximate surface area is 90.4 Å². The molecule has 76 valence electrons. The van der Waals surface area contributed by atoms with Gasteiger partial charge in [-0.25, -0.2) is 4.98 Å². The van der Waals surface area contributed by atoms with E-state index in [0.717, 1.165) is 6.07 Å². The van der Waals surface area contributed by atoms with E-state index in [-0.39, 0.29) is 9.26 Å². The van der Waals surface area contributed by atoms with Gasteiger partial charge < -0.3 is 4.74 Å². The molecule has 1 rings (SSSR count). The molecule has 7 heteroatoms. The number of ether oxygens (including phenoxy) is 1. The standard InChI is InChI=1S/C7H3F3INO2/c8-7(9,10)14-5-2-1-4(3-13)6(11)12-5/h1-3H. The van der Waals surface area contributed by atoms with E-state index >= 15 is 0 Å². The summed E-state index contributed by atoms with van der Waals surface area (Å²) in [6, 6.07) is 2.20. The van der Waals surface area contributed by atoms with Crippen LogP contribution >= 0.6 is 22.6 Å². The fourth-order valence-corrected chi connectivity index (χ4v) is 1.24. The van der Waals surface area contributed by atoms with Gasteiger partial charge in [0, 0.05) is 11.6 Å². The summed E-state index contributed by atoms with van der Waals surface area (Å²) in [5.41, 5.74) is 0.222. The highest BCUT2D eigenvalue weighted by molar-refractivity contribution is 14.1. The van der Waals surface area contributed by atoms with Crippen molar-refractivity contribution in [1.82, 2.24) is 4.98 Å². The molecule has 1 aromatic rings. The number of nitrogens with zero attached hydrogens (tertiary/aromatic N) is 1. The molecule has 0 N–H and O–H groups in total. The van der Waals surface area contributed by atoms with E-state index in [0.29, 0.717) is 6.29 Å². The summed E-state index contributed by atoms with van der Waals surface area (Å²) < 4.78 is 38.9. The third-order valence-corrected chi connectivity index (χ3v) is 2.06. The molecule has 0 saturated heterocycles. The van der Waals surface area contributed by atoms with Crippen molar-refractivity contribution in [2.24, 2.45) is 0 Å². The minimum absolute atomic E-state index is 0.166. The van der Waals surface area contributed by atoms with E-state index in [9.17, 15) is 18.0 Å². The highest BCUT2D eigenvalue weighted by Crippen LogP contribution is 2.22. The van der Waals surface area contributed by atoms with Crippen molar-refractivity contribution in [3.8, 4) is 5.88 Å². The molecular formula is C7H3F3INO2. The van der Waals surface area contributed by atoms with Crippen LogP contribution in [-0.4, -0.2) is 17.6 Å². The molecule has 0 aliphatic heterocycles. The molecule has 0 aliphatic rings. The summed E-state index contributed by atoms with van der Waals surface area (Å²) in [6.07, 6.45) is -4.26. The van der Waals surface area contributed by atoms with Crippen LogP contribution in [0.5, 0.6) is 5.88 Å². The molecule has 1 aromatic heterocycles. The largest absolute Gasteiger partial charge is 0.574 e. The van der Waals surface area contributed by atoms with E-state index in [1.165, 1.54) is 6.07 Å². The molecule has 0 spiro atoms. The Bertz CT molecular complexity index is 353. The molecule has 0 saturated carbocycles. The average molecular weight is 317 g/mol. The van der Waals surface area contributed by atoms with Gasteiger partial charge in [-0.05, 0) is 28.7 Å². The smallest absolute Gasteiger partial charge is 0.388 e. The number of aldehydes is 1. The lowest BCUT2D eigenvalue weighted by atomic mass is 10.3. The molecule has 14 heavy (non-hydrogen) atoms. The zero-order valence-electron chi connectivity index (χ0n) is 6.51. The second kappa shape index (κ2) is 4.11. The van der Waals surface area contributed by atoms with Crippen LogP contribution in [0, 0.1) is 3.70 Å². The van der Waals surface area contributed by atoms with Crippen molar-refractivity contribution >= 4 is 28.9 Å². The van der Waals surface area contributed by atoms with Crippen molar-refractivity contribution in [3.63, 3.8) is 0 Å². The van der Waals surface area contributed by atoms with Gasteiger partial charge in [-0.2, -0.15) is 0 Å². The molecule has 0 atom stereocenters. The zero-order chi connectivity index (χ0) is 10.8. The van der Waals surface area contributed by atoms with Crippen LogP contribution in [0.1, 0.15) is 10.4 Å². The fraction of sp³-hybridized carbons (Fsp3) is 0.143. The second-order valence-electron chi connectivity index (χ2n) is 2.20. The van der Waals surface area contributed by atoms with Gasteiger partial charge in [0.05, 0.1) is 0 Å². The number of rotatable bonds is 2. The first kappa shape index (κ1) is 11.2.